The average Bonchev–Trinajstić information content (AvgIpc) is 3.05. The number of morpholine rings is 1. The lowest BCUT2D eigenvalue weighted by Gasteiger charge is -2.40. The number of pyridine rings is 1. The summed E-state index contributed by atoms with van der Waals surface area (Å²) in [5.74, 6) is -0.0868. The molecule has 2 aliphatic heterocycles. The summed E-state index contributed by atoms with van der Waals surface area (Å²) >= 11 is 0. The summed E-state index contributed by atoms with van der Waals surface area (Å²) in [6.07, 6.45) is -2.67. The van der Waals surface area contributed by atoms with E-state index in [1.165, 1.54) is 13.2 Å². The molecule has 0 amide bonds. The van der Waals surface area contributed by atoms with Crippen molar-refractivity contribution in [3.05, 3.63) is 59.2 Å². The number of rotatable bonds is 12. The van der Waals surface area contributed by atoms with Crippen LogP contribution in [0.25, 0.3) is 22.2 Å². The minimum atomic E-state index is -4.54. The highest BCUT2D eigenvalue weighted by Gasteiger charge is 2.32. The third-order valence-electron chi connectivity index (χ3n) is 8.30. The number of fused-ring (bicyclic) bond motifs is 1. The maximum absolute atomic E-state index is 13.9. The molecular weight excluding hydrogens is 591 g/mol. The molecule has 45 heavy (non-hydrogen) atoms. The number of alkyl halides is 3. The Morgan fingerprint density at radius 1 is 0.956 bits per heavy atom. The molecule has 9 nitrogen and oxygen atoms in total. The predicted octanol–water partition coefficient (Wildman–Crippen LogP) is 5.05. The quantitative estimate of drug-likeness (QED) is 0.202. The third kappa shape index (κ3) is 8.30. The smallest absolute Gasteiger partial charge is 0.416 e. The van der Waals surface area contributed by atoms with Crippen LogP contribution in [-0.2, 0) is 31.7 Å². The van der Waals surface area contributed by atoms with Gasteiger partial charge < -0.3 is 23.7 Å². The van der Waals surface area contributed by atoms with Crippen LogP contribution in [0.2, 0.25) is 0 Å². The molecule has 3 heterocycles. The number of benzene rings is 2. The normalized spacial score (nSPS) is 17.1. The van der Waals surface area contributed by atoms with Gasteiger partial charge in [0, 0.05) is 56.4 Å². The number of likely N-dealkylation sites (tertiary alicyclic amines) is 1. The second-order valence-electron chi connectivity index (χ2n) is 11.2. The van der Waals surface area contributed by atoms with Crippen LogP contribution in [0.3, 0.4) is 0 Å². The van der Waals surface area contributed by atoms with Gasteiger partial charge in [-0.05, 0) is 56.3 Å². The van der Waals surface area contributed by atoms with E-state index in [1.807, 2.05) is 0 Å². The van der Waals surface area contributed by atoms with Crippen LogP contribution in [-0.4, -0.2) is 107 Å². The van der Waals surface area contributed by atoms with Gasteiger partial charge in [-0.25, -0.2) is 9.78 Å². The molecule has 0 saturated carbocycles. The standard InChI is InChI=1S/C33H40F3N3O6/c1-41-16-18-44-26-6-7-29-27(21-26)30(32(40)45-19-17-42-2)28(31(37-29)23-4-3-5-24(20-23)33(34,35)36)22-38-10-8-25(9-11-38)39-12-14-43-15-13-39/h3-7,20-21,25H,8-19,22H2,1-2H3. The second kappa shape index (κ2) is 15.3. The molecule has 2 fully saturated rings. The molecule has 0 N–H and O–H groups in total. The van der Waals surface area contributed by atoms with Gasteiger partial charge in [0.05, 0.1) is 48.8 Å². The largest absolute Gasteiger partial charge is 0.491 e. The number of ether oxygens (including phenoxy) is 5. The summed E-state index contributed by atoms with van der Waals surface area (Å²) in [7, 11) is 3.09. The van der Waals surface area contributed by atoms with Gasteiger partial charge in [0.15, 0.2) is 0 Å². The van der Waals surface area contributed by atoms with Crippen molar-refractivity contribution >= 4 is 16.9 Å². The molecule has 2 aromatic carbocycles. The molecule has 1 aromatic heterocycles. The lowest BCUT2D eigenvalue weighted by molar-refractivity contribution is -0.137. The fourth-order valence-corrected chi connectivity index (χ4v) is 5.98. The van der Waals surface area contributed by atoms with Gasteiger partial charge >= 0.3 is 12.1 Å². The van der Waals surface area contributed by atoms with Crippen LogP contribution in [0.4, 0.5) is 13.2 Å². The molecule has 0 aliphatic carbocycles. The van der Waals surface area contributed by atoms with Gasteiger partial charge in [0.1, 0.15) is 19.0 Å². The van der Waals surface area contributed by atoms with Crippen molar-refractivity contribution < 1.29 is 41.7 Å². The number of halogens is 3. The molecule has 244 valence electrons. The Balaban J connectivity index is 1.58. The number of nitrogens with zero attached hydrogens (tertiary/aromatic N) is 3. The van der Waals surface area contributed by atoms with E-state index in [4.69, 9.17) is 28.7 Å². The predicted molar refractivity (Wildman–Crippen MR) is 162 cm³/mol. The molecule has 0 radical (unpaired) electrons. The zero-order valence-electron chi connectivity index (χ0n) is 25.7. The van der Waals surface area contributed by atoms with E-state index >= 15 is 0 Å². The lowest BCUT2D eigenvalue weighted by atomic mass is 9.94. The number of piperidine rings is 1. The number of hydrogen-bond donors (Lipinski definition) is 0. The van der Waals surface area contributed by atoms with Crippen molar-refractivity contribution in [3.8, 4) is 17.0 Å². The van der Waals surface area contributed by atoms with Crippen molar-refractivity contribution in [2.45, 2.75) is 31.6 Å². The highest BCUT2D eigenvalue weighted by molar-refractivity contribution is 6.07. The van der Waals surface area contributed by atoms with Gasteiger partial charge in [-0.15, -0.1) is 0 Å². The van der Waals surface area contributed by atoms with Crippen molar-refractivity contribution in [1.82, 2.24) is 14.8 Å². The maximum Gasteiger partial charge on any atom is 0.416 e. The second-order valence-corrected chi connectivity index (χ2v) is 11.2. The summed E-state index contributed by atoms with van der Waals surface area (Å²) in [6, 6.07) is 10.7. The highest BCUT2D eigenvalue weighted by Crippen LogP contribution is 2.37. The van der Waals surface area contributed by atoms with Crippen molar-refractivity contribution in [1.29, 1.82) is 0 Å². The number of methoxy groups -OCH3 is 2. The summed E-state index contributed by atoms with van der Waals surface area (Å²) in [5.41, 5.74) is 1.02. The zero-order chi connectivity index (χ0) is 31.8. The molecule has 12 heteroatoms. The fraction of sp³-hybridized carbons (Fsp3) is 0.515. The van der Waals surface area contributed by atoms with Crippen molar-refractivity contribution in [2.75, 3.05) is 80.0 Å². The Labute approximate surface area is 261 Å². The number of carbonyl (C=O) groups excluding carboxylic acids is 1. The van der Waals surface area contributed by atoms with Gasteiger partial charge in [0.2, 0.25) is 0 Å². The Hall–Kier alpha value is -3.29. The number of aromatic nitrogens is 1. The summed E-state index contributed by atoms with van der Waals surface area (Å²) in [6.45, 7) is 6.02. The van der Waals surface area contributed by atoms with E-state index in [2.05, 4.69) is 9.80 Å². The van der Waals surface area contributed by atoms with E-state index in [9.17, 15) is 18.0 Å². The lowest BCUT2D eigenvalue weighted by Crippen LogP contribution is -2.48. The summed E-state index contributed by atoms with van der Waals surface area (Å²) in [4.78, 5) is 23.4. The van der Waals surface area contributed by atoms with Gasteiger partial charge in [-0.1, -0.05) is 12.1 Å². The van der Waals surface area contributed by atoms with Gasteiger partial charge in [-0.3, -0.25) is 9.80 Å². The molecule has 0 bridgehead atoms. The Kier molecular flexibility index (Phi) is 11.3. The number of carbonyl (C=O) groups is 1. The summed E-state index contributed by atoms with van der Waals surface area (Å²) in [5, 5.41) is 0.501. The van der Waals surface area contributed by atoms with Crippen LogP contribution < -0.4 is 4.74 Å². The van der Waals surface area contributed by atoms with E-state index in [0.29, 0.717) is 53.7 Å². The van der Waals surface area contributed by atoms with Crippen LogP contribution in [0.15, 0.2) is 42.5 Å². The molecule has 3 aromatic rings. The first-order chi connectivity index (χ1) is 21.8. The van der Waals surface area contributed by atoms with Crippen molar-refractivity contribution in [3.63, 3.8) is 0 Å². The molecule has 5 rings (SSSR count). The Bertz CT molecular complexity index is 1440. The monoisotopic (exact) mass is 631 g/mol. The first-order valence-corrected chi connectivity index (χ1v) is 15.2. The minimum Gasteiger partial charge on any atom is -0.491 e. The Morgan fingerprint density at radius 3 is 2.40 bits per heavy atom. The zero-order valence-corrected chi connectivity index (χ0v) is 25.7. The average molecular weight is 632 g/mol. The fourth-order valence-electron chi connectivity index (χ4n) is 5.98. The molecule has 2 saturated heterocycles. The van der Waals surface area contributed by atoms with E-state index in [-0.39, 0.29) is 24.3 Å². The van der Waals surface area contributed by atoms with Crippen LogP contribution in [0.5, 0.6) is 5.75 Å². The van der Waals surface area contributed by atoms with Crippen molar-refractivity contribution in [2.24, 2.45) is 0 Å². The summed E-state index contributed by atoms with van der Waals surface area (Å²) < 4.78 is 68.6. The number of hydrogen-bond acceptors (Lipinski definition) is 9. The van der Waals surface area contributed by atoms with Gasteiger partial charge in [0.25, 0.3) is 0 Å². The first-order valence-electron chi connectivity index (χ1n) is 15.2. The van der Waals surface area contributed by atoms with E-state index in [1.54, 1.807) is 31.4 Å². The Morgan fingerprint density at radius 2 is 1.69 bits per heavy atom. The topological polar surface area (TPSA) is 82.6 Å². The molecule has 0 spiro atoms. The first kappa shape index (κ1) is 33.1. The third-order valence-corrected chi connectivity index (χ3v) is 8.30. The molecule has 2 aliphatic rings. The van der Waals surface area contributed by atoms with Crippen LogP contribution in [0.1, 0.15) is 34.3 Å². The van der Waals surface area contributed by atoms with E-state index < -0.39 is 17.7 Å². The van der Waals surface area contributed by atoms with Crippen LogP contribution in [0, 0.1) is 0 Å². The maximum atomic E-state index is 13.9. The molecule has 0 atom stereocenters. The number of esters is 1. The highest BCUT2D eigenvalue weighted by atomic mass is 19.4. The van der Waals surface area contributed by atoms with Crippen LogP contribution >= 0.6 is 0 Å². The minimum absolute atomic E-state index is 0.0203. The molecule has 0 unspecified atom stereocenters. The molecular formula is C33H40F3N3O6. The van der Waals surface area contributed by atoms with Gasteiger partial charge in [-0.2, -0.15) is 13.2 Å². The SMILES string of the molecule is COCCOC(=O)c1c(CN2CCC(N3CCOCC3)CC2)c(-c2cccc(C(F)(F)F)c2)nc2ccc(OCCOC)cc12. The van der Waals surface area contributed by atoms with E-state index in [0.717, 1.165) is 64.4 Å².